The molecule has 0 aliphatic carbocycles. The highest BCUT2D eigenvalue weighted by Crippen LogP contribution is 2.01. The molecule has 0 radical (unpaired) electrons. The Morgan fingerprint density at radius 1 is 1.50 bits per heavy atom. The van der Waals surface area contributed by atoms with Crippen molar-refractivity contribution < 1.29 is 8.42 Å². The van der Waals surface area contributed by atoms with Gasteiger partial charge in [-0.05, 0) is 0 Å². The number of nitrogens with one attached hydrogen (secondary N) is 2. The molecular formula is C7H13N3O2S2. The van der Waals surface area contributed by atoms with Crippen LogP contribution in [0.4, 0.5) is 0 Å². The highest BCUT2D eigenvalue weighted by molar-refractivity contribution is 7.88. The maximum Gasteiger partial charge on any atom is 0.208 e. The van der Waals surface area contributed by atoms with E-state index < -0.39 is 10.0 Å². The third-order valence-electron chi connectivity index (χ3n) is 1.43. The van der Waals surface area contributed by atoms with E-state index in [1.165, 1.54) is 0 Å². The minimum Gasteiger partial charge on any atom is -0.309 e. The van der Waals surface area contributed by atoms with Gasteiger partial charge in [0.1, 0.15) is 5.01 Å². The standard InChI is InChI=1S/C7H13N3O2S2/c1-14(11,12)10-3-2-8-6-7-9-4-5-13-7/h4-5,8,10H,2-3,6H2,1H3. The molecule has 0 bridgehead atoms. The second kappa shape index (κ2) is 5.40. The van der Waals surface area contributed by atoms with Crippen LogP contribution in [0.2, 0.25) is 0 Å². The van der Waals surface area contributed by atoms with Gasteiger partial charge in [0.2, 0.25) is 10.0 Å². The van der Waals surface area contributed by atoms with Gasteiger partial charge in [0.05, 0.1) is 6.26 Å². The number of hydrogen-bond acceptors (Lipinski definition) is 5. The molecule has 0 aromatic carbocycles. The van der Waals surface area contributed by atoms with Crippen LogP contribution in [-0.4, -0.2) is 32.7 Å². The van der Waals surface area contributed by atoms with Gasteiger partial charge in [-0.2, -0.15) is 0 Å². The number of nitrogens with zero attached hydrogens (tertiary/aromatic N) is 1. The molecule has 0 atom stereocenters. The Morgan fingerprint density at radius 2 is 2.29 bits per heavy atom. The van der Waals surface area contributed by atoms with Crippen LogP contribution in [0.5, 0.6) is 0 Å². The predicted octanol–water partition coefficient (Wildman–Crippen LogP) is -0.218. The fraction of sp³-hybridized carbons (Fsp3) is 0.571. The van der Waals surface area contributed by atoms with Gasteiger partial charge in [-0.1, -0.05) is 0 Å². The van der Waals surface area contributed by atoms with E-state index in [0.29, 0.717) is 19.6 Å². The van der Waals surface area contributed by atoms with E-state index in [2.05, 4.69) is 15.0 Å². The Morgan fingerprint density at radius 3 is 2.86 bits per heavy atom. The molecule has 14 heavy (non-hydrogen) atoms. The molecule has 0 amide bonds. The van der Waals surface area contributed by atoms with Crippen LogP contribution in [0.25, 0.3) is 0 Å². The van der Waals surface area contributed by atoms with Crippen LogP contribution in [0.1, 0.15) is 5.01 Å². The molecule has 1 aromatic rings. The Kier molecular flexibility index (Phi) is 4.46. The first-order valence-corrected chi connectivity index (χ1v) is 6.89. The van der Waals surface area contributed by atoms with Crippen molar-refractivity contribution in [2.75, 3.05) is 19.3 Å². The van der Waals surface area contributed by atoms with Gasteiger partial charge in [0.15, 0.2) is 0 Å². The lowest BCUT2D eigenvalue weighted by Crippen LogP contribution is -2.30. The summed E-state index contributed by atoms with van der Waals surface area (Å²) in [7, 11) is -3.06. The number of sulfonamides is 1. The fourth-order valence-corrected chi connectivity index (χ4v) is 1.92. The smallest absolute Gasteiger partial charge is 0.208 e. The zero-order chi connectivity index (χ0) is 10.4. The normalized spacial score (nSPS) is 11.8. The summed E-state index contributed by atoms with van der Waals surface area (Å²) in [6, 6.07) is 0. The fourth-order valence-electron chi connectivity index (χ4n) is 0.860. The molecular weight excluding hydrogens is 222 g/mol. The average molecular weight is 235 g/mol. The van der Waals surface area contributed by atoms with Gasteiger partial charge in [-0.25, -0.2) is 18.1 Å². The van der Waals surface area contributed by atoms with Gasteiger partial charge >= 0.3 is 0 Å². The molecule has 0 unspecified atom stereocenters. The Bertz CT molecular complexity index is 347. The lowest BCUT2D eigenvalue weighted by atomic mass is 10.6. The van der Waals surface area contributed by atoms with E-state index in [9.17, 15) is 8.42 Å². The Labute approximate surface area is 87.6 Å². The van der Waals surface area contributed by atoms with E-state index in [1.807, 2.05) is 5.38 Å². The zero-order valence-corrected chi connectivity index (χ0v) is 9.49. The highest BCUT2D eigenvalue weighted by atomic mass is 32.2. The quantitative estimate of drug-likeness (QED) is 0.669. The first-order chi connectivity index (χ1) is 6.58. The van der Waals surface area contributed by atoms with Gasteiger partial charge in [-0.3, -0.25) is 0 Å². The number of hydrogen-bond donors (Lipinski definition) is 2. The van der Waals surface area contributed by atoms with E-state index >= 15 is 0 Å². The van der Waals surface area contributed by atoms with Crippen molar-refractivity contribution in [2.24, 2.45) is 0 Å². The van der Waals surface area contributed by atoms with Crippen molar-refractivity contribution in [1.29, 1.82) is 0 Å². The maximum absolute atomic E-state index is 10.7. The minimum absolute atomic E-state index is 0.407. The van der Waals surface area contributed by atoms with Crippen LogP contribution in [0.15, 0.2) is 11.6 Å². The number of aromatic nitrogens is 1. The Balaban J connectivity index is 2.06. The summed E-state index contributed by atoms with van der Waals surface area (Å²) in [4.78, 5) is 4.08. The summed E-state index contributed by atoms with van der Waals surface area (Å²) < 4.78 is 23.7. The molecule has 80 valence electrons. The molecule has 0 saturated heterocycles. The molecule has 0 saturated carbocycles. The topological polar surface area (TPSA) is 71.1 Å². The second-order valence-electron chi connectivity index (χ2n) is 2.77. The molecule has 0 fully saturated rings. The number of thiazole rings is 1. The first-order valence-electron chi connectivity index (χ1n) is 4.11. The molecule has 0 aliphatic heterocycles. The van der Waals surface area contributed by atoms with Crippen molar-refractivity contribution in [1.82, 2.24) is 15.0 Å². The van der Waals surface area contributed by atoms with Crippen LogP contribution in [-0.2, 0) is 16.6 Å². The van der Waals surface area contributed by atoms with Crippen molar-refractivity contribution >= 4 is 21.4 Å². The van der Waals surface area contributed by atoms with E-state index in [-0.39, 0.29) is 0 Å². The summed E-state index contributed by atoms with van der Waals surface area (Å²) in [6.07, 6.45) is 2.89. The second-order valence-corrected chi connectivity index (χ2v) is 5.58. The molecule has 0 spiro atoms. The summed E-state index contributed by atoms with van der Waals surface area (Å²) in [5.74, 6) is 0. The van der Waals surface area contributed by atoms with Gasteiger partial charge < -0.3 is 5.32 Å². The Hall–Kier alpha value is -0.500. The van der Waals surface area contributed by atoms with Crippen molar-refractivity contribution in [3.8, 4) is 0 Å². The van der Waals surface area contributed by atoms with E-state index in [1.54, 1.807) is 17.5 Å². The lowest BCUT2D eigenvalue weighted by molar-refractivity contribution is 0.581. The summed E-state index contributed by atoms with van der Waals surface area (Å²) >= 11 is 1.57. The summed E-state index contributed by atoms with van der Waals surface area (Å²) in [5, 5.41) is 5.99. The SMILES string of the molecule is CS(=O)(=O)NCCNCc1nccs1. The average Bonchev–Trinajstić information content (AvgIpc) is 2.54. The molecule has 5 nitrogen and oxygen atoms in total. The lowest BCUT2D eigenvalue weighted by Gasteiger charge is -2.02. The maximum atomic E-state index is 10.7. The van der Waals surface area contributed by atoms with Crippen molar-refractivity contribution in [3.05, 3.63) is 16.6 Å². The van der Waals surface area contributed by atoms with Crippen molar-refractivity contribution in [3.63, 3.8) is 0 Å². The third-order valence-corrected chi connectivity index (χ3v) is 2.93. The number of rotatable bonds is 6. The third kappa shape index (κ3) is 5.28. The monoisotopic (exact) mass is 235 g/mol. The van der Waals surface area contributed by atoms with Crippen LogP contribution in [0.3, 0.4) is 0 Å². The van der Waals surface area contributed by atoms with Crippen molar-refractivity contribution in [2.45, 2.75) is 6.54 Å². The molecule has 2 N–H and O–H groups in total. The highest BCUT2D eigenvalue weighted by Gasteiger charge is 1.98. The van der Waals surface area contributed by atoms with Crippen LogP contribution in [0, 0.1) is 0 Å². The van der Waals surface area contributed by atoms with Crippen LogP contribution < -0.4 is 10.0 Å². The van der Waals surface area contributed by atoms with Crippen LogP contribution >= 0.6 is 11.3 Å². The van der Waals surface area contributed by atoms with Gasteiger partial charge in [0, 0.05) is 31.2 Å². The summed E-state index contributed by atoms with van der Waals surface area (Å²) in [5.41, 5.74) is 0. The predicted molar refractivity (Wildman–Crippen MR) is 56.7 cm³/mol. The van der Waals surface area contributed by atoms with E-state index in [4.69, 9.17) is 0 Å². The van der Waals surface area contributed by atoms with E-state index in [0.717, 1.165) is 11.3 Å². The molecule has 7 heteroatoms. The first kappa shape index (κ1) is 11.6. The largest absolute Gasteiger partial charge is 0.309 e. The molecule has 0 aliphatic rings. The zero-order valence-electron chi connectivity index (χ0n) is 7.86. The van der Waals surface area contributed by atoms with Gasteiger partial charge in [0.25, 0.3) is 0 Å². The van der Waals surface area contributed by atoms with Gasteiger partial charge in [-0.15, -0.1) is 11.3 Å². The molecule has 1 rings (SSSR count). The molecule has 1 aromatic heterocycles. The summed E-state index contributed by atoms with van der Waals surface area (Å²) in [6.45, 7) is 1.69. The minimum atomic E-state index is -3.06. The molecule has 1 heterocycles.